The number of hydrogen-bond donors (Lipinski definition) is 1. The molecule has 2 rings (SSSR count). The van der Waals surface area contributed by atoms with E-state index in [1.54, 1.807) is 0 Å². The second kappa shape index (κ2) is 4.32. The van der Waals surface area contributed by atoms with Gasteiger partial charge in [0.25, 0.3) is 0 Å². The van der Waals surface area contributed by atoms with E-state index in [9.17, 15) is 0 Å². The molecule has 1 heterocycles. The van der Waals surface area contributed by atoms with Crippen molar-refractivity contribution in [3.8, 4) is 0 Å². The highest BCUT2D eigenvalue weighted by Crippen LogP contribution is 2.27. The van der Waals surface area contributed by atoms with Crippen LogP contribution in [0.25, 0.3) is 0 Å². The van der Waals surface area contributed by atoms with Gasteiger partial charge in [-0.2, -0.15) is 0 Å². The summed E-state index contributed by atoms with van der Waals surface area (Å²) >= 11 is 0. The second-order valence-electron chi connectivity index (χ2n) is 4.28. The summed E-state index contributed by atoms with van der Waals surface area (Å²) in [5, 5.41) is 3.36. The van der Waals surface area contributed by atoms with Crippen molar-refractivity contribution in [3.63, 3.8) is 0 Å². The molecule has 14 heavy (non-hydrogen) atoms. The van der Waals surface area contributed by atoms with Gasteiger partial charge in [-0.3, -0.25) is 0 Å². The molecular weight excluding hydrogens is 176 g/mol. The Labute approximate surface area is 86.1 Å². The molecule has 80 valence electrons. The van der Waals surface area contributed by atoms with E-state index in [-0.39, 0.29) is 0 Å². The lowest BCUT2D eigenvalue weighted by Crippen LogP contribution is -2.47. The summed E-state index contributed by atoms with van der Waals surface area (Å²) in [6.07, 6.45) is 4.11. The zero-order valence-corrected chi connectivity index (χ0v) is 9.12. The van der Waals surface area contributed by atoms with Gasteiger partial charge < -0.3 is 15.0 Å². The van der Waals surface area contributed by atoms with Gasteiger partial charge >= 0.3 is 0 Å². The van der Waals surface area contributed by atoms with Crippen LogP contribution in [-0.2, 0) is 4.74 Å². The number of nitrogens with one attached hydrogen (secondary N) is 1. The van der Waals surface area contributed by atoms with Crippen molar-refractivity contribution in [2.24, 2.45) is 0 Å². The quantitative estimate of drug-likeness (QED) is 0.728. The van der Waals surface area contributed by atoms with E-state index in [4.69, 9.17) is 4.74 Å². The first-order valence-corrected chi connectivity index (χ1v) is 5.58. The van der Waals surface area contributed by atoms with Crippen molar-refractivity contribution in [1.82, 2.24) is 10.2 Å². The average Bonchev–Trinajstić information content (AvgIpc) is 2.14. The largest absolute Gasteiger partial charge is 0.370 e. The number of piperazine rings is 1. The molecule has 1 N–H and O–H groups in total. The third-order valence-corrected chi connectivity index (χ3v) is 2.79. The second-order valence-corrected chi connectivity index (χ2v) is 4.28. The van der Waals surface area contributed by atoms with E-state index in [0.29, 0.717) is 12.2 Å². The summed E-state index contributed by atoms with van der Waals surface area (Å²) in [5.74, 6) is 0. The van der Waals surface area contributed by atoms with Crippen LogP contribution in [0.3, 0.4) is 0 Å². The SMILES string of the molecule is CC(C)OC1CC=C1N1CCNCC1. The number of hydrogen-bond acceptors (Lipinski definition) is 3. The van der Waals surface area contributed by atoms with Crippen molar-refractivity contribution in [1.29, 1.82) is 0 Å². The van der Waals surface area contributed by atoms with Crippen molar-refractivity contribution >= 4 is 0 Å². The normalized spacial score (nSPS) is 27.5. The summed E-state index contributed by atoms with van der Waals surface area (Å²) in [4.78, 5) is 2.45. The number of ether oxygens (including phenoxy) is 1. The topological polar surface area (TPSA) is 24.5 Å². The van der Waals surface area contributed by atoms with Crippen LogP contribution >= 0.6 is 0 Å². The molecule has 0 aromatic heterocycles. The van der Waals surface area contributed by atoms with Gasteiger partial charge in [0, 0.05) is 31.9 Å². The van der Waals surface area contributed by atoms with Gasteiger partial charge in [0.2, 0.25) is 0 Å². The smallest absolute Gasteiger partial charge is 0.101 e. The third kappa shape index (κ3) is 2.10. The Bertz CT molecular complexity index is 219. The molecule has 3 heteroatoms. The molecule has 1 aliphatic carbocycles. The highest BCUT2D eigenvalue weighted by atomic mass is 16.5. The van der Waals surface area contributed by atoms with Gasteiger partial charge in [0.1, 0.15) is 6.10 Å². The monoisotopic (exact) mass is 196 g/mol. The van der Waals surface area contributed by atoms with Crippen LogP contribution < -0.4 is 5.32 Å². The minimum Gasteiger partial charge on any atom is -0.370 e. The van der Waals surface area contributed by atoms with Crippen LogP contribution in [0.4, 0.5) is 0 Å². The Morgan fingerprint density at radius 1 is 1.43 bits per heavy atom. The zero-order valence-electron chi connectivity index (χ0n) is 9.12. The minimum absolute atomic E-state index is 0.339. The highest BCUT2D eigenvalue weighted by Gasteiger charge is 2.28. The van der Waals surface area contributed by atoms with E-state index in [1.807, 2.05) is 0 Å². The fourth-order valence-corrected chi connectivity index (χ4v) is 2.03. The van der Waals surface area contributed by atoms with Crippen LogP contribution in [0, 0.1) is 0 Å². The van der Waals surface area contributed by atoms with E-state index in [1.165, 1.54) is 5.70 Å². The minimum atomic E-state index is 0.339. The molecule has 1 saturated heterocycles. The van der Waals surface area contributed by atoms with Crippen LogP contribution in [0.1, 0.15) is 20.3 Å². The molecule has 1 atom stereocenters. The van der Waals surface area contributed by atoms with Gasteiger partial charge in [-0.1, -0.05) is 6.08 Å². The molecule has 0 bridgehead atoms. The average molecular weight is 196 g/mol. The Kier molecular flexibility index (Phi) is 3.08. The molecule has 0 spiro atoms. The maximum atomic E-state index is 5.82. The van der Waals surface area contributed by atoms with Crippen LogP contribution in [-0.4, -0.2) is 43.3 Å². The van der Waals surface area contributed by atoms with Gasteiger partial charge in [-0.15, -0.1) is 0 Å². The summed E-state index contributed by atoms with van der Waals surface area (Å²) in [6.45, 7) is 8.67. The van der Waals surface area contributed by atoms with Gasteiger partial charge in [0.05, 0.1) is 6.10 Å². The molecule has 0 saturated carbocycles. The molecule has 0 amide bonds. The molecular formula is C11H20N2O. The summed E-state index contributed by atoms with van der Waals surface area (Å²) in [7, 11) is 0. The van der Waals surface area contributed by atoms with E-state index < -0.39 is 0 Å². The summed E-state index contributed by atoms with van der Waals surface area (Å²) < 4.78 is 5.82. The first kappa shape index (κ1) is 9.99. The molecule has 1 unspecified atom stereocenters. The van der Waals surface area contributed by atoms with Gasteiger partial charge in [-0.25, -0.2) is 0 Å². The van der Waals surface area contributed by atoms with E-state index in [0.717, 1.165) is 32.6 Å². The lowest BCUT2D eigenvalue weighted by Gasteiger charge is -2.40. The Morgan fingerprint density at radius 3 is 2.64 bits per heavy atom. The van der Waals surface area contributed by atoms with Crippen LogP contribution in [0.5, 0.6) is 0 Å². The molecule has 2 aliphatic rings. The Morgan fingerprint density at radius 2 is 2.14 bits per heavy atom. The first-order valence-electron chi connectivity index (χ1n) is 5.58. The fraction of sp³-hybridized carbons (Fsp3) is 0.818. The van der Waals surface area contributed by atoms with Gasteiger partial charge in [-0.05, 0) is 20.3 Å². The summed E-state index contributed by atoms with van der Waals surface area (Å²) in [6, 6.07) is 0. The van der Waals surface area contributed by atoms with Gasteiger partial charge in [0.15, 0.2) is 0 Å². The molecule has 0 aromatic rings. The highest BCUT2D eigenvalue weighted by molar-refractivity contribution is 5.19. The lowest BCUT2D eigenvalue weighted by molar-refractivity contribution is 0.000457. The predicted molar refractivity (Wildman–Crippen MR) is 57.2 cm³/mol. The molecule has 0 radical (unpaired) electrons. The molecule has 1 aliphatic heterocycles. The zero-order chi connectivity index (χ0) is 9.97. The maximum Gasteiger partial charge on any atom is 0.101 e. The molecule has 0 aromatic carbocycles. The molecule has 1 fully saturated rings. The number of nitrogens with zero attached hydrogens (tertiary/aromatic N) is 1. The van der Waals surface area contributed by atoms with E-state index >= 15 is 0 Å². The van der Waals surface area contributed by atoms with Crippen molar-refractivity contribution in [3.05, 3.63) is 11.8 Å². The van der Waals surface area contributed by atoms with Crippen LogP contribution in [0.2, 0.25) is 0 Å². The van der Waals surface area contributed by atoms with Crippen LogP contribution in [0.15, 0.2) is 11.8 Å². The Balaban J connectivity index is 1.85. The Hall–Kier alpha value is -0.540. The predicted octanol–water partition coefficient (Wildman–Crippen LogP) is 0.973. The third-order valence-electron chi connectivity index (χ3n) is 2.79. The van der Waals surface area contributed by atoms with Crippen molar-refractivity contribution in [2.75, 3.05) is 26.2 Å². The molecule has 3 nitrogen and oxygen atoms in total. The standard InChI is InChI=1S/C11H20N2O/c1-9(2)14-11-4-3-10(11)13-7-5-12-6-8-13/h3,9,11-12H,4-8H2,1-2H3. The van der Waals surface area contributed by atoms with Crippen molar-refractivity contribution in [2.45, 2.75) is 32.5 Å². The fourth-order valence-electron chi connectivity index (χ4n) is 2.03. The maximum absolute atomic E-state index is 5.82. The number of rotatable bonds is 3. The first-order chi connectivity index (χ1) is 6.77. The summed E-state index contributed by atoms with van der Waals surface area (Å²) in [5.41, 5.74) is 1.42. The van der Waals surface area contributed by atoms with Crippen molar-refractivity contribution < 1.29 is 4.74 Å². The lowest BCUT2D eigenvalue weighted by atomic mass is 9.99. The van der Waals surface area contributed by atoms with E-state index in [2.05, 4.69) is 30.1 Å².